The first kappa shape index (κ1) is 8.53. The van der Waals surface area contributed by atoms with Crippen LogP contribution in [-0.4, -0.2) is 35.1 Å². The zero-order chi connectivity index (χ0) is 8.43. The molecule has 1 aliphatic rings. The van der Waals surface area contributed by atoms with Crippen LogP contribution in [0.4, 0.5) is 0 Å². The van der Waals surface area contributed by atoms with Crippen molar-refractivity contribution in [3.8, 4) is 0 Å². The summed E-state index contributed by atoms with van der Waals surface area (Å²) in [5.74, 6) is -0.0785. The van der Waals surface area contributed by atoms with Gasteiger partial charge in [-0.05, 0) is 6.42 Å². The lowest BCUT2D eigenvalue weighted by Gasteiger charge is -2.17. The molecule has 4 heteroatoms. The van der Waals surface area contributed by atoms with Gasteiger partial charge in [0.2, 0.25) is 5.91 Å². The minimum absolute atomic E-state index is 0.0610. The summed E-state index contributed by atoms with van der Waals surface area (Å²) in [6.07, 6.45) is 1.37. The number of nitrogens with zero attached hydrogens (tertiary/aromatic N) is 1. The third-order valence-corrected chi connectivity index (χ3v) is 2.17. The lowest BCUT2D eigenvalue weighted by Crippen LogP contribution is -2.34. The second kappa shape index (κ2) is 3.22. The van der Waals surface area contributed by atoms with E-state index in [1.165, 1.54) is 11.8 Å². The van der Waals surface area contributed by atoms with Crippen LogP contribution < -0.4 is 0 Å². The highest BCUT2D eigenvalue weighted by molar-refractivity contribution is 6.21. The molecule has 11 heavy (non-hydrogen) atoms. The van der Waals surface area contributed by atoms with Gasteiger partial charge in [-0.3, -0.25) is 4.79 Å². The van der Waals surface area contributed by atoms with Crippen molar-refractivity contribution in [1.82, 2.24) is 4.90 Å². The summed E-state index contributed by atoms with van der Waals surface area (Å²) in [7, 11) is 0. The highest BCUT2D eigenvalue weighted by Crippen LogP contribution is 2.20. The first-order chi connectivity index (χ1) is 5.15. The molecule has 1 amide bonds. The number of carbonyl (C=O) groups is 2. The summed E-state index contributed by atoms with van der Waals surface area (Å²) < 4.78 is 0. The minimum Gasteiger partial charge on any atom is -0.332 e. The Morgan fingerprint density at radius 1 is 1.73 bits per heavy atom. The van der Waals surface area contributed by atoms with Gasteiger partial charge in [0.05, 0.1) is 11.4 Å². The van der Waals surface area contributed by atoms with E-state index in [2.05, 4.69) is 0 Å². The molecule has 0 radical (unpaired) electrons. The molecule has 1 heterocycles. The zero-order valence-corrected chi connectivity index (χ0v) is 7.04. The first-order valence-electron chi connectivity index (χ1n) is 3.51. The van der Waals surface area contributed by atoms with E-state index in [1.807, 2.05) is 0 Å². The third kappa shape index (κ3) is 1.71. The third-order valence-electron chi connectivity index (χ3n) is 1.85. The minimum atomic E-state index is -0.296. The van der Waals surface area contributed by atoms with E-state index in [-0.39, 0.29) is 17.3 Å². The Labute approximate surface area is 70.3 Å². The summed E-state index contributed by atoms with van der Waals surface area (Å²) in [5.41, 5.74) is 0. The molecule has 3 nitrogen and oxygen atoms in total. The normalized spacial score (nSPS) is 30.5. The maximum Gasteiger partial charge on any atom is 0.220 e. The van der Waals surface area contributed by atoms with Crippen molar-refractivity contribution < 1.29 is 9.59 Å². The molecule has 2 atom stereocenters. The molecule has 0 aromatic rings. The van der Waals surface area contributed by atoms with Gasteiger partial charge >= 0.3 is 0 Å². The van der Waals surface area contributed by atoms with Crippen LogP contribution in [-0.2, 0) is 9.59 Å². The maximum atomic E-state index is 10.9. The Balaban J connectivity index is 2.64. The molecule has 0 bridgehead atoms. The molecule has 0 aromatic heterocycles. The number of alkyl halides is 1. The molecule has 0 N–H and O–H groups in total. The topological polar surface area (TPSA) is 37.4 Å². The van der Waals surface area contributed by atoms with Crippen molar-refractivity contribution in [2.24, 2.45) is 0 Å². The number of carbonyl (C=O) groups excluding carboxylic acids is 2. The number of amides is 1. The highest BCUT2D eigenvalue weighted by atomic mass is 35.5. The number of hydrogen-bond donors (Lipinski definition) is 0. The van der Waals surface area contributed by atoms with E-state index in [1.54, 1.807) is 0 Å². The standard InChI is InChI=1S/C7H10ClNO2/c1-5(11)9-3-6(8)2-7(9)4-10/h4,6-7H,2-3H2,1H3/t6-,7+/m1/s1. The predicted octanol–water partition coefficient (Wildman–Crippen LogP) is 0.413. The van der Waals surface area contributed by atoms with E-state index in [0.29, 0.717) is 13.0 Å². The van der Waals surface area contributed by atoms with Crippen LogP contribution >= 0.6 is 11.6 Å². The second-order valence-corrected chi connectivity index (χ2v) is 3.33. The zero-order valence-electron chi connectivity index (χ0n) is 6.29. The quantitative estimate of drug-likeness (QED) is 0.428. The summed E-state index contributed by atoms with van der Waals surface area (Å²) in [5, 5.41) is -0.0610. The summed E-state index contributed by atoms with van der Waals surface area (Å²) in [6.45, 7) is 1.95. The Bertz CT molecular complexity index is 183. The Kier molecular flexibility index (Phi) is 2.49. The van der Waals surface area contributed by atoms with E-state index in [4.69, 9.17) is 11.6 Å². The molecule has 1 fully saturated rings. The summed E-state index contributed by atoms with van der Waals surface area (Å²) >= 11 is 5.77. The van der Waals surface area contributed by atoms with E-state index < -0.39 is 0 Å². The van der Waals surface area contributed by atoms with Crippen LogP contribution in [0.1, 0.15) is 13.3 Å². The van der Waals surface area contributed by atoms with Crippen LogP contribution in [0.3, 0.4) is 0 Å². The van der Waals surface area contributed by atoms with Crippen LogP contribution in [0, 0.1) is 0 Å². The molecule has 0 aromatic carbocycles. The van der Waals surface area contributed by atoms with Crippen LogP contribution in [0.25, 0.3) is 0 Å². The number of likely N-dealkylation sites (tertiary alicyclic amines) is 1. The van der Waals surface area contributed by atoms with Gasteiger partial charge < -0.3 is 9.69 Å². The van der Waals surface area contributed by atoms with Gasteiger partial charge in [0.25, 0.3) is 0 Å². The van der Waals surface area contributed by atoms with Crippen LogP contribution in [0.15, 0.2) is 0 Å². The average Bonchev–Trinajstić information content (AvgIpc) is 2.30. The Morgan fingerprint density at radius 2 is 2.36 bits per heavy atom. The van der Waals surface area contributed by atoms with Gasteiger partial charge in [-0.25, -0.2) is 0 Å². The smallest absolute Gasteiger partial charge is 0.220 e. The first-order valence-corrected chi connectivity index (χ1v) is 3.95. The van der Waals surface area contributed by atoms with Crippen molar-refractivity contribution in [2.45, 2.75) is 24.8 Å². The molecule has 0 spiro atoms. The van der Waals surface area contributed by atoms with Gasteiger partial charge in [0.1, 0.15) is 6.29 Å². The van der Waals surface area contributed by atoms with Gasteiger partial charge in [0, 0.05) is 13.5 Å². The molecule has 1 rings (SSSR count). The molecule has 62 valence electrons. The molecular weight excluding hydrogens is 166 g/mol. The molecule has 0 unspecified atom stereocenters. The fraction of sp³-hybridized carbons (Fsp3) is 0.714. The number of halogens is 1. The van der Waals surface area contributed by atoms with E-state index in [0.717, 1.165) is 6.29 Å². The van der Waals surface area contributed by atoms with Gasteiger partial charge in [0.15, 0.2) is 0 Å². The van der Waals surface area contributed by atoms with Crippen molar-refractivity contribution in [1.29, 1.82) is 0 Å². The lowest BCUT2D eigenvalue weighted by molar-refractivity contribution is -0.132. The second-order valence-electron chi connectivity index (χ2n) is 2.71. The van der Waals surface area contributed by atoms with Gasteiger partial charge in [-0.1, -0.05) is 0 Å². The van der Waals surface area contributed by atoms with Crippen LogP contribution in [0.5, 0.6) is 0 Å². The molecule has 1 saturated heterocycles. The van der Waals surface area contributed by atoms with Crippen molar-refractivity contribution in [3.63, 3.8) is 0 Å². The molecule has 0 aliphatic carbocycles. The van der Waals surface area contributed by atoms with Crippen molar-refractivity contribution >= 4 is 23.8 Å². The number of hydrogen-bond acceptors (Lipinski definition) is 2. The van der Waals surface area contributed by atoms with Crippen molar-refractivity contribution in [2.75, 3.05) is 6.54 Å². The number of aldehydes is 1. The molecule has 1 aliphatic heterocycles. The van der Waals surface area contributed by atoms with Crippen molar-refractivity contribution in [3.05, 3.63) is 0 Å². The predicted molar refractivity (Wildman–Crippen MR) is 41.5 cm³/mol. The highest BCUT2D eigenvalue weighted by Gasteiger charge is 2.31. The SMILES string of the molecule is CC(=O)N1C[C@H](Cl)C[C@H]1C=O. The average molecular weight is 176 g/mol. The monoisotopic (exact) mass is 175 g/mol. The van der Waals surface area contributed by atoms with Gasteiger partial charge in [-0.2, -0.15) is 0 Å². The lowest BCUT2D eigenvalue weighted by atomic mass is 10.2. The van der Waals surface area contributed by atoms with Gasteiger partial charge in [-0.15, -0.1) is 11.6 Å². The molecular formula is C7H10ClNO2. The Morgan fingerprint density at radius 3 is 2.73 bits per heavy atom. The van der Waals surface area contributed by atoms with E-state index in [9.17, 15) is 9.59 Å². The van der Waals surface area contributed by atoms with E-state index >= 15 is 0 Å². The van der Waals surface area contributed by atoms with Crippen LogP contribution in [0.2, 0.25) is 0 Å². The Hall–Kier alpha value is -0.570. The fourth-order valence-corrected chi connectivity index (χ4v) is 1.63. The fourth-order valence-electron chi connectivity index (χ4n) is 1.30. The molecule has 0 saturated carbocycles. The summed E-state index contributed by atoms with van der Waals surface area (Å²) in [6, 6.07) is -0.296. The summed E-state index contributed by atoms with van der Waals surface area (Å²) in [4.78, 5) is 22.8. The largest absolute Gasteiger partial charge is 0.332 e. The maximum absolute atomic E-state index is 10.9. The number of rotatable bonds is 1.